The van der Waals surface area contributed by atoms with Crippen molar-refractivity contribution in [2.45, 2.75) is 6.54 Å². The molecule has 0 saturated heterocycles. The zero-order valence-electron chi connectivity index (χ0n) is 16.1. The van der Waals surface area contributed by atoms with Gasteiger partial charge in [-0.25, -0.2) is 9.97 Å². The Bertz CT molecular complexity index is 1290. The maximum Gasteiger partial charge on any atom is 0.141 e. The first-order chi connectivity index (χ1) is 14.8. The van der Waals surface area contributed by atoms with Crippen LogP contribution in [0.4, 0.5) is 11.5 Å². The number of H-pyrrole nitrogens is 1. The average molecular weight is 393 g/mol. The van der Waals surface area contributed by atoms with Gasteiger partial charge in [-0.05, 0) is 29.8 Å². The molecular formula is C23H19N7. The fraction of sp³-hybridized carbons (Fsp3) is 0.0435. The van der Waals surface area contributed by atoms with Crippen LogP contribution in [-0.4, -0.2) is 29.9 Å². The average Bonchev–Trinajstić information content (AvgIpc) is 3.44. The van der Waals surface area contributed by atoms with Crippen LogP contribution in [0.15, 0.2) is 79.6 Å². The van der Waals surface area contributed by atoms with E-state index in [1.165, 1.54) is 11.9 Å². The maximum absolute atomic E-state index is 4.56. The summed E-state index contributed by atoms with van der Waals surface area (Å²) in [6, 6.07) is 16.5. The van der Waals surface area contributed by atoms with E-state index in [2.05, 4.69) is 54.8 Å². The second-order valence-electron chi connectivity index (χ2n) is 6.88. The first kappa shape index (κ1) is 17.8. The Hall–Kier alpha value is -4.26. The van der Waals surface area contributed by atoms with Crippen LogP contribution in [0.3, 0.4) is 0 Å². The van der Waals surface area contributed by atoms with E-state index in [0.717, 1.165) is 40.1 Å². The molecule has 2 N–H and O–H groups in total. The standard InChI is InChI=1S/C23H19N7/c1-2-4-17(5-3-1)15-30-22-9-8-21(10-20(22)14-28-30)29-23-19(13-24-16-25-23)7-6-18-11-26-27-12-18/h1-14,16H,15H2,(H,26,27)(H,24,25,29)/b7-6+. The molecule has 7 nitrogen and oxygen atoms in total. The molecule has 0 saturated carbocycles. The number of fused-ring (bicyclic) bond motifs is 1. The Morgan fingerprint density at radius 2 is 1.93 bits per heavy atom. The molecule has 0 radical (unpaired) electrons. The fourth-order valence-corrected chi connectivity index (χ4v) is 3.29. The predicted octanol–water partition coefficient (Wildman–Crippen LogP) is 4.51. The van der Waals surface area contributed by atoms with E-state index in [1.807, 2.05) is 53.5 Å². The third-order valence-electron chi connectivity index (χ3n) is 4.79. The lowest BCUT2D eigenvalue weighted by Crippen LogP contribution is -2.01. The molecule has 0 aliphatic carbocycles. The fourth-order valence-electron chi connectivity index (χ4n) is 3.29. The van der Waals surface area contributed by atoms with Gasteiger partial charge in [0.05, 0.1) is 24.5 Å². The molecule has 0 unspecified atom stereocenters. The summed E-state index contributed by atoms with van der Waals surface area (Å²) in [5.74, 6) is 0.737. The molecule has 0 atom stereocenters. The Kier molecular flexibility index (Phi) is 4.75. The Balaban J connectivity index is 1.39. The lowest BCUT2D eigenvalue weighted by atomic mass is 10.2. The number of nitrogens with one attached hydrogen (secondary N) is 2. The van der Waals surface area contributed by atoms with Gasteiger partial charge >= 0.3 is 0 Å². The van der Waals surface area contributed by atoms with E-state index in [1.54, 1.807) is 12.4 Å². The van der Waals surface area contributed by atoms with E-state index in [-0.39, 0.29) is 0 Å². The second-order valence-corrected chi connectivity index (χ2v) is 6.88. The minimum Gasteiger partial charge on any atom is -0.340 e. The molecule has 146 valence electrons. The number of aromatic nitrogens is 6. The van der Waals surface area contributed by atoms with Crippen molar-refractivity contribution in [3.8, 4) is 0 Å². The zero-order chi connectivity index (χ0) is 20.2. The number of anilines is 2. The summed E-state index contributed by atoms with van der Waals surface area (Å²) in [7, 11) is 0. The number of hydrogen-bond donors (Lipinski definition) is 2. The largest absolute Gasteiger partial charge is 0.340 e. The molecular weight excluding hydrogens is 374 g/mol. The van der Waals surface area contributed by atoms with Crippen LogP contribution in [0.2, 0.25) is 0 Å². The highest BCUT2D eigenvalue weighted by Crippen LogP contribution is 2.24. The predicted molar refractivity (Wildman–Crippen MR) is 118 cm³/mol. The van der Waals surface area contributed by atoms with E-state index >= 15 is 0 Å². The molecule has 0 aliphatic rings. The molecule has 2 aromatic carbocycles. The highest BCUT2D eigenvalue weighted by atomic mass is 15.3. The van der Waals surface area contributed by atoms with Gasteiger partial charge in [0.2, 0.25) is 0 Å². The molecule has 5 rings (SSSR count). The monoisotopic (exact) mass is 393 g/mol. The van der Waals surface area contributed by atoms with Gasteiger partial charge in [-0.15, -0.1) is 0 Å². The topological polar surface area (TPSA) is 84.3 Å². The van der Waals surface area contributed by atoms with Gasteiger partial charge in [-0.1, -0.05) is 36.4 Å². The normalized spacial score (nSPS) is 11.3. The van der Waals surface area contributed by atoms with Crippen LogP contribution in [0, 0.1) is 0 Å². The first-order valence-corrected chi connectivity index (χ1v) is 9.58. The lowest BCUT2D eigenvalue weighted by Gasteiger charge is -2.09. The van der Waals surface area contributed by atoms with Crippen LogP contribution >= 0.6 is 0 Å². The highest BCUT2D eigenvalue weighted by Gasteiger charge is 2.07. The van der Waals surface area contributed by atoms with Gasteiger partial charge in [-0.2, -0.15) is 10.2 Å². The molecule has 0 bridgehead atoms. The van der Waals surface area contributed by atoms with Crippen molar-refractivity contribution in [1.29, 1.82) is 0 Å². The van der Waals surface area contributed by atoms with Crippen molar-refractivity contribution in [3.63, 3.8) is 0 Å². The summed E-state index contributed by atoms with van der Waals surface area (Å²) in [5.41, 5.74) is 5.13. The Morgan fingerprint density at radius 3 is 2.80 bits per heavy atom. The highest BCUT2D eigenvalue weighted by molar-refractivity contribution is 5.84. The summed E-state index contributed by atoms with van der Waals surface area (Å²) in [6.07, 6.45) is 12.7. The second kappa shape index (κ2) is 8.00. The maximum atomic E-state index is 4.56. The third kappa shape index (κ3) is 3.81. The molecule has 3 heterocycles. The van der Waals surface area contributed by atoms with Crippen LogP contribution in [-0.2, 0) is 6.54 Å². The minimum absolute atomic E-state index is 0.737. The van der Waals surface area contributed by atoms with Crippen molar-refractivity contribution in [2.24, 2.45) is 0 Å². The number of aromatic amines is 1. The summed E-state index contributed by atoms with van der Waals surface area (Å²) in [5, 5.41) is 15.8. The van der Waals surface area contributed by atoms with Crippen molar-refractivity contribution in [2.75, 3.05) is 5.32 Å². The van der Waals surface area contributed by atoms with Crippen LogP contribution < -0.4 is 5.32 Å². The van der Waals surface area contributed by atoms with Gasteiger partial charge < -0.3 is 5.32 Å². The van der Waals surface area contributed by atoms with Crippen LogP contribution in [0.25, 0.3) is 23.1 Å². The number of benzene rings is 2. The van der Waals surface area contributed by atoms with Crippen LogP contribution in [0.1, 0.15) is 16.7 Å². The van der Waals surface area contributed by atoms with E-state index in [4.69, 9.17) is 0 Å². The SMILES string of the molecule is C(=C\c1cncnc1Nc1ccc2c(cnn2Cc2ccccc2)c1)/c1cn[nH]c1. The van der Waals surface area contributed by atoms with Crippen molar-refractivity contribution < 1.29 is 0 Å². The van der Waals surface area contributed by atoms with Crippen molar-refractivity contribution in [3.05, 3.63) is 96.3 Å². The third-order valence-corrected chi connectivity index (χ3v) is 4.79. The molecule has 0 spiro atoms. The summed E-state index contributed by atoms with van der Waals surface area (Å²) in [6.45, 7) is 0.742. The molecule has 30 heavy (non-hydrogen) atoms. The van der Waals surface area contributed by atoms with E-state index in [9.17, 15) is 0 Å². The quantitative estimate of drug-likeness (QED) is 0.443. The molecule has 5 aromatic rings. The van der Waals surface area contributed by atoms with Gasteiger partial charge in [0.25, 0.3) is 0 Å². The summed E-state index contributed by atoms with van der Waals surface area (Å²) < 4.78 is 2.01. The van der Waals surface area contributed by atoms with Crippen molar-refractivity contribution >= 4 is 34.6 Å². The number of nitrogens with zero attached hydrogens (tertiary/aromatic N) is 5. The molecule has 3 aromatic heterocycles. The number of rotatable bonds is 6. The molecule has 0 amide bonds. The van der Waals surface area contributed by atoms with Crippen molar-refractivity contribution in [1.82, 2.24) is 29.9 Å². The summed E-state index contributed by atoms with van der Waals surface area (Å²) in [4.78, 5) is 8.54. The van der Waals surface area contributed by atoms with Gasteiger partial charge in [0.1, 0.15) is 12.1 Å². The Labute approximate surface area is 173 Å². The molecule has 0 fully saturated rings. The van der Waals surface area contributed by atoms with E-state index < -0.39 is 0 Å². The van der Waals surface area contributed by atoms with Gasteiger partial charge in [0.15, 0.2) is 0 Å². The van der Waals surface area contributed by atoms with Gasteiger partial charge in [0, 0.05) is 34.6 Å². The van der Waals surface area contributed by atoms with Gasteiger partial charge in [-0.3, -0.25) is 9.78 Å². The van der Waals surface area contributed by atoms with Crippen LogP contribution in [0.5, 0.6) is 0 Å². The zero-order valence-corrected chi connectivity index (χ0v) is 16.1. The Morgan fingerprint density at radius 1 is 1.00 bits per heavy atom. The van der Waals surface area contributed by atoms with E-state index in [0.29, 0.717) is 0 Å². The smallest absolute Gasteiger partial charge is 0.141 e. The minimum atomic E-state index is 0.737. The molecule has 0 aliphatic heterocycles. The molecule has 7 heteroatoms. The first-order valence-electron chi connectivity index (χ1n) is 9.58. The number of hydrogen-bond acceptors (Lipinski definition) is 5. The lowest BCUT2D eigenvalue weighted by molar-refractivity contribution is 0.712. The summed E-state index contributed by atoms with van der Waals surface area (Å²) >= 11 is 0.